The minimum Gasteiger partial charge on any atom is -0.497 e. The molecule has 166 valence electrons. The van der Waals surface area contributed by atoms with Crippen molar-refractivity contribution in [1.82, 2.24) is 14.8 Å². The van der Waals surface area contributed by atoms with Crippen molar-refractivity contribution in [1.29, 1.82) is 0 Å². The van der Waals surface area contributed by atoms with Crippen LogP contribution in [0.4, 0.5) is 0 Å². The highest BCUT2D eigenvalue weighted by Crippen LogP contribution is 2.42. The first-order chi connectivity index (χ1) is 16.0. The maximum Gasteiger partial charge on any atom is 0.230 e. The topological polar surface area (TPSA) is 48.6 Å². The van der Waals surface area contributed by atoms with Gasteiger partial charge >= 0.3 is 0 Å². The molecule has 0 saturated carbocycles. The Morgan fingerprint density at radius 1 is 1.25 bits per heavy atom. The molecule has 1 aromatic heterocycles. The Hall–Kier alpha value is -3.05. The normalized spacial score (nSPS) is 21.5. The van der Waals surface area contributed by atoms with Gasteiger partial charge in [0.15, 0.2) is 0 Å². The molecule has 5 nitrogen and oxygen atoms in total. The third kappa shape index (κ3) is 3.51. The van der Waals surface area contributed by atoms with E-state index in [4.69, 9.17) is 4.74 Å². The zero-order valence-corrected chi connectivity index (χ0v) is 19.0. The number of fused-ring (bicyclic) bond motifs is 2. The Labute approximate surface area is 191 Å². The molecule has 32 heavy (non-hydrogen) atoms. The number of carbonyl (C=O) groups is 1. The Morgan fingerprint density at radius 2 is 2.06 bits per heavy atom. The summed E-state index contributed by atoms with van der Waals surface area (Å²) < 4.78 is 14.6. The van der Waals surface area contributed by atoms with E-state index < -0.39 is 6.52 Å². The molecule has 0 radical (unpaired) electrons. The number of nitrogens with one attached hydrogen (secondary N) is 1. The largest absolute Gasteiger partial charge is 0.497 e. The first-order valence-electron chi connectivity index (χ1n) is 12.0. The second-order valence-electron chi connectivity index (χ2n) is 8.60. The van der Waals surface area contributed by atoms with Crippen LogP contribution < -0.4 is 4.74 Å². The second-order valence-corrected chi connectivity index (χ2v) is 8.60. The first kappa shape index (κ1) is 19.6. The zero-order valence-electron chi connectivity index (χ0n) is 20.0. The van der Waals surface area contributed by atoms with Crippen LogP contribution in [0.25, 0.3) is 16.5 Å². The number of ether oxygens (including phenoxy) is 1. The van der Waals surface area contributed by atoms with Crippen LogP contribution in [0.1, 0.15) is 31.9 Å². The van der Waals surface area contributed by atoms with Gasteiger partial charge in [0, 0.05) is 50.7 Å². The molecular weight excluding hydrogens is 398 g/mol. The fourth-order valence-electron chi connectivity index (χ4n) is 5.25. The van der Waals surface area contributed by atoms with Crippen LogP contribution in [0.15, 0.2) is 54.7 Å². The number of benzene rings is 2. The van der Waals surface area contributed by atoms with Crippen molar-refractivity contribution in [2.75, 3.05) is 26.7 Å². The number of amides is 1. The molecule has 2 aliphatic rings. The van der Waals surface area contributed by atoms with Gasteiger partial charge in [-0.05, 0) is 60.7 Å². The molecule has 0 saturated heterocycles. The fourth-order valence-corrected chi connectivity index (χ4v) is 5.25. The summed E-state index contributed by atoms with van der Waals surface area (Å²) in [7, 11) is 1.65. The van der Waals surface area contributed by atoms with Gasteiger partial charge in [-0.2, -0.15) is 0 Å². The van der Waals surface area contributed by atoms with Crippen LogP contribution in [-0.4, -0.2) is 53.5 Å². The van der Waals surface area contributed by atoms with Crippen molar-refractivity contribution in [3.05, 3.63) is 71.4 Å². The van der Waals surface area contributed by atoms with E-state index >= 15 is 0 Å². The first-order valence-corrected chi connectivity index (χ1v) is 11.5. The number of nitrogens with zero attached hydrogens (tertiary/aromatic N) is 2. The molecule has 0 spiro atoms. The summed E-state index contributed by atoms with van der Waals surface area (Å²) in [6, 6.07) is 14.1. The van der Waals surface area contributed by atoms with Gasteiger partial charge in [-0.1, -0.05) is 30.3 Å². The van der Waals surface area contributed by atoms with Crippen LogP contribution in [0.3, 0.4) is 0 Å². The SMILES string of the molecule is [2H]C(c1cccc(OC)c1)N1C[C@@H](C(=O)N(CC)CC)C=C2c3cccc4[nH]cc(c34)C[C@H]21. The van der Waals surface area contributed by atoms with Crippen LogP contribution in [0, 0.1) is 5.92 Å². The van der Waals surface area contributed by atoms with Crippen LogP contribution in [-0.2, 0) is 17.7 Å². The summed E-state index contributed by atoms with van der Waals surface area (Å²) in [6.07, 6.45) is 5.11. The molecule has 1 aliphatic carbocycles. The van der Waals surface area contributed by atoms with Crippen molar-refractivity contribution in [3.63, 3.8) is 0 Å². The van der Waals surface area contributed by atoms with Gasteiger partial charge in [0.25, 0.3) is 0 Å². The number of hydrogen-bond donors (Lipinski definition) is 1. The number of aromatic amines is 1. The average Bonchev–Trinajstić information content (AvgIpc) is 3.28. The van der Waals surface area contributed by atoms with E-state index in [-0.39, 0.29) is 17.9 Å². The van der Waals surface area contributed by atoms with Gasteiger partial charge in [0.2, 0.25) is 5.91 Å². The van der Waals surface area contributed by atoms with E-state index in [0.29, 0.717) is 19.6 Å². The van der Waals surface area contributed by atoms with Crippen molar-refractivity contribution in [2.45, 2.75) is 32.8 Å². The molecule has 1 unspecified atom stereocenters. The molecule has 5 heteroatoms. The lowest BCUT2D eigenvalue weighted by atomic mass is 9.79. The Kier molecular flexibility index (Phi) is 5.19. The van der Waals surface area contributed by atoms with Gasteiger partial charge in [0.1, 0.15) is 5.75 Å². The number of methoxy groups -OCH3 is 1. The molecule has 2 aromatic carbocycles. The molecule has 1 N–H and O–H groups in total. The van der Waals surface area contributed by atoms with Gasteiger partial charge in [0.05, 0.1) is 13.0 Å². The summed E-state index contributed by atoms with van der Waals surface area (Å²) in [5, 5.41) is 1.25. The third-order valence-corrected chi connectivity index (χ3v) is 6.86. The molecule has 1 aliphatic heterocycles. The monoisotopic (exact) mass is 430 g/mol. The van der Waals surface area contributed by atoms with E-state index in [1.807, 2.05) is 43.0 Å². The predicted octanol–water partition coefficient (Wildman–Crippen LogP) is 4.49. The van der Waals surface area contributed by atoms with Crippen molar-refractivity contribution >= 4 is 22.4 Å². The molecular formula is C27H31N3O2. The summed E-state index contributed by atoms with van der Waals surface area (Å²) in [4.78, 5) is 20.9. The van der Waals surface area contributed by atoms with Gasteiger partial charge in [-0.3, -0.25) is 9.69 Å². The van der Waals surface area contributed by atoms with Gasteiger partial charge < -0.3 is 14.6 Å². The maximum absolute atomic E-state index is 13.4. The average molecular weight is 431 g/mol. The molecule has 5 rings (SSSR count). The third-order valence-electron chi connectivity index (χ3n) is 6.86. The second kappa shape index (κ2) is 8.47. The van der Waals surface area contributed by atoms with Crippen molar-refractivity contribution in [3.8, 4) is 5.75 Å². The van der Waals surface area contributed by atoms with Crippen LogP contribution >= 0.6 is 0 Å². The minimum atomic E-state index is -0.597. The zero-order chi connectivity index (χ0) is 23.1. The summed E-state index contributed by atoms with van der Waals surface area (Å²) in [6.45, 7) is 5.36. The molecule has 2 heterocycles. The molecule has 0 fully saturated rings. The quantitative estimate of drug-likeness (QED) is 0.627. The van der Waals surface area contributed by atoms with E-state index in [9.17, 15) is 6.17 Å². The fraction of sp³-hybridized carbons (Fsp3) is 0.370. The highest BCUT2D eigenvalue weighted by molar-refractivity contribution is 5.99. The van der Waals surface area contributed by atoms with E-state index in [2.05, 4.69) is 40.4 Å². The van der Waals surface area contributed by atoms with Gasteiger partial charge in [-0.15, -0.1) is 0 Å². The molecule has 3 atom stereocenters. The van der Waals surface area contributed by atoms with E-state index in [0.717, 1.165) is 23.3 Å². The predicted molar refractivity (Wildman–Crippen MR) is 129 cm³/mol. The maximum atomic E-state index is 13.4. The highest BCUT2D eigenvalue weighted by atomic mass is 16.5. The number of H-pyrrole nitrogens is 1. The summed E-state index contributed by atoms with van der Waals surface area (Å²) in [5.41, 5.74) is 5.63. The number of rotatable bonds is 6. The van der Waals surface area contributed by atoms with Crippen LogP contribution in [0.2, 0.25) is 0 Å². The molecule has 3 aromatic rings. The van der Waals surface area contributed by atoms with E-state index in [1.54, 1.807) is 7.11 Å². The lowest BCUT2D eigenvalue weighted by Gasteiger charge is -2.42. The Bertz CT molecular complexity index is 1210. The van der Waals surface area contributed by atoms with Crippen molar-refractivity contribution in [2.24, 2.45) is 5.92 Å². The highest BCUT2D eigenvalue weighted by Gasteiger charge is 2.38. The number of carbonyl (C=O) groups excluding carboxylic acids is 1. The lowest BCUT2D eigenvalue weighted by molar-refractivity contribution is -0.134. The van der Waals surface area contributed by atoms with Crippen LogP contribution in [0.5, 0.6) is 5.75 Å². The molecule has 1 amide bonds. The molecule has 0 bridgehead atoms. The summed E-state index contributed by atoms with van der Waals surface area (Å²) >= 11 is 0. The number of hydrogen-bond acceptors (Lipinski definition) is 3. The smallest absolute Gasteiger partial charge is 0.230 e. The lowest BCUT2D eigenvalue weighted by Crippen LogP contribution is -2.48. The van der Waals surface area contributed by atoms with Crippen molar-refractivity contribution < 1.29 is 10.9 Å². The van der Waals surface area contributed by atoms with Gasteiger partial charge in [-0.25, -0.2) is 0 Å². The Morgan fingerprint density at radius 3 is 2.84 bits per heavy atom. The minimum absolute atomic E-state index is 0.0494. The number of aromatic nitrogens is 1. The summed E-state index contributed by atoms with van der Waals surface area (Å²) in [5.74, 6) is 0.612. The van der Waals surface area contributed by atoms with E-state index in [1.165, 1.54) is 22.1 Å². The Balaban J connectivity index is 1.61. The standard InChI is InChI=1S/C27H31N3O2/c1-4-29(5-2)27(31)20-13-23-22-10-7-11-24-26(22)19(15-28-24)14-25(23)30(17-20)16-18-8-6-9-21(12-18)32-3/h6-13,15,20,25,28H,4-5,14,16-17H2,1-3H3/t20-,25+/m0/s1/i16D/t16?,20-,25+.